The van der Waals surface area contributed by atoms with Crippen LogP contribution in [0.25, 0.3) is 0 Å². The van der Waals surface area contributed by atoms with Gasteiger partial charge in [-0.2, -0.15) is 0 Å². The van der Waals surface area contributed by atoms with Gasteiger partial charge < -0.3 is 4.74 Å². The summed E-state index contributed by atoms with van der Waals surface area (Å²) in [5.41, 5.74) is 2.81. The van der Waals surface area contributed by atoms with Crippen LogP contribution in [-0.4, -0.2) is 7.11 Å². The van der Waals surface area contributed by atoms with Crippen LogP contribution < -0.4 is 4.74 Å². The van der Waals surface area contributed by atoms with Crippen molar-refractivity contribution in [1.82, 2.24) is 0 Å². The van der Waals surface area contributed by atoms with Crippen molar-refractivity contribution in [2.45, 2.75) is 26.7 Å². The smallest absolute Gasteiger partial charge is 0.118 e. The number of allylic oxidation sites excluding steroid dienone is 2. The second-order valence-electron chi connectivity index (χ2n) is 3.48. The van der Waals surface area contributed by atoms with E-state index in [-0.39, 0.29) is 0 Å². The van der Waals surface area contributed by atoms with Crippen LogP contribution in [0.4, 0.5) is 0 Å². The first kappa shape index (κ1) is 10.8. The summed E-state index contributed by atoms with van der Waals surface area (Å²) in [7, 11) is 1.69. The number of aryl methyl sites for hydroxylation is 1. The molecule has 0 atom stereocenters. The minimum absolute atomic E-state index is 0.927. The fourth-order valence-electron chi connectivity index (χ4n) is 1.28. The van der Waals surface area contributed by atoms with Gasteiger partial charge in [0.1, 0.15) is 5.75 Å². The van der Waals surface area contributed by atoms with Gasteiger partial charge in [-0.25, -0.2) is 0 Å². The molecule has 76 valence electrons. The molecule has 14 heavy (non-hydrogen) atoms. The SMILES string of the molecule is CC=C(C)CCc1ccc(OC)cc1. The number of benzene rings is 1. The fourth-order valence-corrected chi connectivity index (χ4v) is 1.28. The predicted molar refractivity (Wildman–Crippen MR) is 60.7 cm³/mol. The van der Waals surface area contributed by atoms with Gasteiger partial charge in [0.2, 0.25) is 0 Å². The molecule has 1 aromatic rings. The molecule has 1 rings (SSSR count). The molecular formula is C13H18O. The normalized spacial score (nSPS) is 11.5. The molecule has 0 aliphatic rings. The van der Waals surface area contributed by atoms with Crippen LogP contribution >= 0.6 is 0 Å². The second kappa shape index (κ2) is 5.48. The summed E-state index contributed by atoms with van der Waals surface area (Å²) >= 11 is 0. The summed E-state index contributed by atoms with van der Waals surface area (Å²) in [6.45, 7) is 4.26. The van der Waals surface area contributed by atoms with Gasteiger partial charge in [-0.15, -0.1) is 0 Å². The Bertz CT molecular complexity index is 296. The average molecular weight is 190 g/mol. The molecule has 0 amide bonds. The molecule has 0 unspecified atom stereocenters. The Morgan fingerprint density at radius 3 is 2.43 bits per heavy atom. The second-order valence-corrected chi connectivity index (χ2v) is 3.48. The highest BCUT2D eigenvalue weighted by Crippen LogP contribution is 2.14. The Balaban J connectivity index is 2.52. The fraction of sp³-hybridized carbons (Fsp3) is 0.385. The monoisotopic (exact) mass is 190 g/mol. The highest BCUT2D eigenvalue weighted by molar-refractivity contribution is 5.27. The summed E-state index contributed by atoms with van der Waals surface area (Å²) in [6, 6.07) is 8.28. The van der Waals surface area contributed by atoms with Crippen LogP contribution in [0.1, 0.15) is 25.8 Å². The first-order chi connectivity index (χ1) is 6.76. The molecule has 0 saturated heterocycles. The van der Waals surface area contributed by atoms with Crippen LogP contribution in [0.3, 0.4) is 0 Å². The molecule has 0 aliphatic heterocycles. The van der Waals surface area contributed by atoms with E-state index in [1.54, 1.807) is 7.11 Å². The van der Waals surface area contributed by atoms with Crippen molar-refractivity contribution in [3.63, 3.8) is 0 Å². The maximum atomic E-state index is 5.10. The highest BCUT2D eigenvalue weighted by Gasteiger charge is 1.95. The van der Waals surface area contributed by atoms with E-state index in [1.807, 2.05) is 12.1 Å². The van der Waals surface area contributed by atoms with Gasteiger partial charge >= 0.3 is 0 Å². The number of hydrogen-bond acceptors (Lipinski definition) is 1. The third kappa shape index (κ3) is 3.25. The summed E-state index contributed by atoms with van der Waals surface area (Å²) < 4.78 is 5.10. The van der Waals surface area contributed by atoms with Crippen molar-refractivity contribution in [3.8, 4) is 5.75 Å². The molecule has 1 heteroatoms. The summed E-state index contributed by atoms with van der Waals surface area (Å²) in [4.78, 5) is 0. The van der Waals surface area contributed by atoms with Gasteiger partial charge in [0.15, 0.2) is 0 Å². The molecule has 0 fully saturated rings. The topological polar surface area (TPSA) is 9.23 Å². The van der Waals surface area contributed by atoms with E-state index in [4.69, 9.17) is 4.74 Å². The van der Waals surface area contributed by atoms with Crippen molar-refractivity contribution in [3.05, 3.63) is 41.5 Å². The van der Waals surface area contributed by atoms with E-state index >= 15 is 0 Å². The van der Waals surface area contributed by atoms with Crippen LogP contribution in [0.5, 0.6) is 5.75 Å². The zero-order valence-corrected chi connectivity index (χ0v) is 9.21. The van der Waals surface area contributed by atoms with E-state index in [0.717, 1.165) is 18.6 Å². The highest BCUT2D eigenvalue weighted by atomic mass is 16.5. The van der Waals surface area contributed by atoms with E-state index in [2.05, 4.69) is 32.1 Å². The third-order valence-electron chi connectivity index (χ3n) is 2.46. The molecular weight excluding hydrogens is 172 g/mol. The van der Waals surface area contributed by atoms with Gasteiger partial charge in [0.25, 0.3) is 0 Å². The lowest BCUT2D eigenvalue weighted by atomic mass is 10.1. The lowest BCUT2D eigenvalue weighted by Gasteiger charge is -2.03. The van der Waals surface area contributed by atoms with E-state index in [1.165, 1.54) is 11.1 Å². The van der Waals surface area contributed by atoms with Crippen molar-refractivity contribution < 1.29 is 4.74 Å². The van der Waals surface area contributed by atoms with Crippen molar-refractivity contribution in [2.75, 3.05) is 7.11 Å². The quantitative estimate of drug-likeness (QED) is 0.659. The molecule has 0 saturated carbocycles. The van der Waals surface area contributed by atoms with E-state index < -0.39 is 0 Å². The number of ether oxygens (including phenoxy) is 1. The molecule has 0 heterocycles. The van der Waals surface area contributed by atoms with E-state index in [9.17, 15) is 0 Å². The molecule has 1 nitrogen and oxygen atoms in total. The van der Waals surface area contributed by atoms with Crippen LogP contribution in [0, 0.1) is 0 Å². The molecule has 0 bridgehead atoms. The molecule has 0 aliphatic carbocycles. The maximum absolute atomic E-state index is 5.10. The minimum Gasteiger partial charge on any atom is -0.497 e. The Morgan fingerprint density at radius 2 is 1.93 bits per heavy atom. The van der Waals surface area contributed by atoms with E-state index in [0.29, 0.717) is 0 Å². The van der Waals surface area contributed by atoms with Gasteiger partial charge in [-0.05, 0) is 44.4 Å². The zero-order chi connectivity index (χ0) is 10.4. The molecule has 0 spiro atoms. The van der Waals surface area contributed by atoms with Crippen LogP contribution in [-0.2, 0) is 6.42 Å². The number of hydrogen-bond donors (Lipinski definition) is 0. The lowest BCUT2D eigenvalue weighted by Crippen LogP contribution is -1.87. The van der Waals surface area contributed by atoms with Crippen molar-refractivity contribution in [1.29, 1.82) is 0 Å². The summed E-state index contributed by atoms with van der Waals surface area (Å²) in [6.07, 6.45) is 4.42. The Hall–Kier alpha value is -1.24. The average Bonchev–Trinajstić information content (AvgIpc) is 2.26. The minimum atomic E-state index is 0.927. The third-order valence-corrected chi connectivity index (χ3v) is 2.46. The molecule has 1 aromatic carbocycles. The Kier molecular flexibility index (Phi) is 4.24. The molecule has 0 radical (unpaired) electrons. The van der Waals surface area contributed by atoms with Gasteiger partial charge in [0, 0.05) is 0 Å². The zero-order valence-electron chi connectivity index (χ0n) is 9.21. The summed E-state index contributed by atoms with van der Waals surface area (Å²) in [5, 5.41) is 0. The molecule has 0 N–H and O–H groups in total. The predicted octanol–water partition coefficient (Wildman–Crippen LogP) is 3.59. The lowest BCUT2D eigenvalue weighted by molar-refractivity contribution is 0.414. The molecule has 0 aromatic heterocycles. The summed E-state index contributed by atoms with van der Waals surface area (Å²) in [5.74, 6) is 0.927. The first-order valence-corrected chi connectivity index (χ1v) is 5.01. The number of rotatable bonds is 4. The standard InChI is InChI=1S/C13H18O/c1-4-11(2)5-6-12-7-9-13(14-3)10-8-12/h4,7-10H,5-6H2,1-3H3. The maximum Gasteiger partial charge on any atom is 0.118 e. The van der Waals surface area contributed by atoms with Gasteiger partial charge in [0.05, 0.1) is 7.11 Å². The van der Waals surface area contributed by atoms with Crippen LogP contribution in [0.15, 0.2) is 35.9 Å². The van der Waals surface area contributed by atoms with Crippen LogP contribution in [0.2, 0.25) is 0 Å². The van der Waals surface area contributed by atoms with Crippen molar-refractivity contribution >= 4 is 0 Å². The van der Waals surface area contributed by atoms with Crippen molar-refractivity contribution in [2.24, 2.45) is 0 Å². The Labute approximate surface area is 86.4 Å². The number of methoxy groups -OCH3 is 1. The first-order valence-electron chi connectivity index (χ1n) is 5.01. The van der Waals surface area contributed by atoms with Gasteiger partial charge in [-0.1, -0.05) is 23.8 Å². The largest absolute Gasteiger partial charge is 0.497 e. The van der Waals surface area contributed by atoms with Gasteiger partial charge in [-0.3, -0.25) is 0 Å². The Morgan fingerprint density at radius 1 is 1.29 bits per heavy atom.